The van der Waals surface area contributed by atoms with Crippen molar-refractivity contribution in [1.82, 2.24) is 9.97 Å². The van der Waals surface area contributed by atoms with Gasteiger partial charge in [0.05, 0.1) is 6.20 Å². The van der Waals surface area contributed by atoms with Crippen molar-refractivity contribution >= 4 is 11.6 Å². The summed E-state index contributed by atoms with van der Waals surface area (Å²) in [5, 5.41) is 2.79. The predicted octanol–water partition coefficient (Wildman–Crippen LogP) is 2.04. The zero-order chi connectivity index (χ0) is 11.4. The van der Waals surface area contributed by atoms with Crippen molar-refractivity contribution in [2.45, 2.75) is 6.92 Å². The summed E-state index contributed by atoms with van der Waals surface area (Å²) in [6.45, 7) is 1.94. The van der Waals surface area contributed by atoms with Gasteiger partial charge in [-0.3, -0.25) is 9.78 Å². The Bertz CT molecular complexity index is 497. The average molecular weight is 213 g/mol. The molecule has 2 aromatic rings. The van der Waals surface area contributed by atoms with E-state index in [0.29, 0.717) is 5.69 Å². The van der Waals surface area contributed by atoms with Crippen LogP contribution >= 0.6 is 0 Å². The van der Waals surface area contributed by atoms with Gasteiger partial charge < -0.3 is 5.32 Å². The molecule has 4 nitrogen and oxygen atoms in total. The molecule has 1 amide bonds. The van der Waals surface area contributed by atoms with Gasteiger partial charge in [0.2, 0.25) is 0 Å². The number of hydrogen-bond donors (Lipinski definition) is 1. The fourth-order valence-corrected chi connectivity index (χ4v) is 1.32. The molecule has 0 atom stereocenters. The largest absolute Gasteiger partial charge is 0.320 e. The molecule has 0 aliphatic rings. The number of carbonyl (C=O) groups excluding carboxylic acids is 1. The highest BCUT2D eigenvalue weighted by Gasteiger charge is 2.07. The van der Waals surface area contributed by atoms with Crippen molar-refractivity contribution in [3.63, 3.8) is 0 Å². The first-order valence-corrected chi connectivity index (χ1v) is 4.90. The lowest BCUT2D eigenvalue weighted by Gasteiger charge is -2.06. The number of anilines is 1. The van der Waals surface area contributed by atoms with Crippen LogP contribution in [0.4, 0.5) is 5.69 Å². The number of carbonyl (C=O) groups is 1. The summed E-state index contributed by atoms with van der Waals surface area (Å²) in [7, 11) is 0. The lowest BCUT2D eigenvalue weighted by molar-refractivity contribution is 0.102. The topological polar surface area (TPSA) is 54.9 Å². The van der Waals surface area contributed by atoms with Crippen molar-refractivity contribution in [3.05, 3.63) is 54.1 Å². The molecule has 0 aliphatic carbocycles. The summed E-state index contributed by atoms with van der Waals surface area (Å²) < 4.78 is 0. The van der Waals surface area contributed by atoms with E-state index in [0.717, 1.165) is 11.3 Å². The second kappa shape index (κ2) is 4.53. The molecule has 0 saturated carbocycles. The van der Waals surface area contributed by atoms with E-state index in [-0.39, 0.29) is 5.91 Å². The molecule has 0 radical (unpaired) electrons. The molecule has 0 bridgehead atoms. The fraction of sp³-hybridized carbons (Fsp3) is 0.0833. The minimum absolute atomic E-state index is 0.248. The number of rotatable bonds is 2. The standard InChI is InChI=1S/C12H11N3O/c1-9-4-2-3-5-10(9)15-12(16)11-8-13-6-7-14-11/h2-8H,1H3,(H,15,16). The van der Waals surface area contributed by atoms with Gasteiger partial charge in [-0.1, -0.05) is 18.2 Å². The summed E-state index contributed by atoms with van der Waals surface area (Å²) in [6.07, 6.45) is 4.46. The van der Waals surface area contributed by atoms with Crippen LogP contribution in [0.1, 0.15) is 16.1 Å². The number of para-hydroxylation sites is 1. The van der Waals surface area contributed by atoms with Gasteiger partial charge in [0.15, 0.2) is 0 Å². The fourth-order valence-electron chi connectivity index (χ4n) is 1.32. The number of benzene rings is 1. The Labute approximate surface area is 93.4 Å². The van der Waals surface area contributed by atoms with Crippen molar-refractivity contribution in [1.29, 1.82) is 0 Å². The number of aryl methyl sites for hydroxylation is 1. The quantitative estimate of drug-likeness (QED) is 0.830. The van der Waals surface area contributed by atoms with Gasteiger partial charge in [0, 0.05) is 18.1 Å². The lowest BCUT2D eigenvalue weighted by Crippen LogP contribution is -2.14. The van der Waals surface area contributed by atoms with Crippen LogP contribution in [0.5, 0.6) is 0 Å². The van der Waals surface area contributed by atoms with Gasteiger partial charge in [0.1, 0.15) is 5.69 Å². The summed E-state index contributed by atoms with van der Waals surface area (Å²) in [4.78, 5) is 19.5. The maximum Gasteiger partial charge on any atom is 0.275 e. The molecule has 2 rings (SSSR count). The maximum absolute atomic E-state index is 11.8. The van der Waals surface area contributed by atoms with Crippen LogP contribution in [-0.4, -0.2) is 15.9 Å². The molecule has 1 heterocycles. The monoisotopic (exact) mass is 213 g/mol. The Morgan fingerprint density at radius 2 is 2.06 bits per heavy atom. The van der Waals surface area contributed by atoms with Gasteiger partial charge in [-0.2, -0.15) is 0 Å². The summed E-state index contributed by atoms with van der Waals surface area (Å²) >= 11 is 0. The number of aromatic nitrogens is 2. The minimum Gasteiger partial charge on any atom is -0.320 e. The molecule has 16 heavy (non-hydrogen) atoms. The van der Waals surface area contributed by atoms with Gasteiger partial charge in [-0.05, 0) is 18.6 Å². The van der Waals surface area contributed by atoms with E-state index >= 15 is 0 Å². The molecular weight excluding hydrogens is 202 g/mol. The zero-order valence-corrected chi connectivity index (χ0v) is 8.84. The molecule has 4 heteroatoms. The van der Waals surface area contributed by atoms with E-state index in [1.165, 1.54) is 18.6 Å². The van der Waals surface area contributed by atoms with E-state index in [9.17, 15) is 4.79 Å². The highest BCUT2D eigenvalue weighted by atomic mass is 16.1. The third kappa shape index (κ3) is 2.23. The molecule has 1 N–H and O–H groups in total. The van der Waals surface area contributed by atoms with Crippen LogP contribution in [0.25, 0.3) is 0 Å². The maximum atomic E-state index is 11.8. The van der Waals surface area contributed by atoms with E-state index in [2.05, 4.69) is 15.3 Å². The Balaban J connectivity index is 2.18. The zero-order valence-electron chi connectivity index (χ0n) is 8.84. The van der Waals surface area contributed by atoms with Crippen molar-refractivity contribution in [2.75, 3.05) is 5.32 Å². The molecule has 0 unspecified atom stereocenters. The SMILES string of the molecule is Cc1ccccc1NC(=O)c1cnccn1. The van der Waals surface area contributed by atoms with E-state index in [4.69, 9.17) is 0 Å². The molecule has 0 aliphatic heterocycles. The van der Waals surface area contributed by atoms with Crippen LogP contribution in [-0.2, 0) is 0 Å². The highest BCUT2D eigenvalue weighted by molar-refractivity contribution is 6.02. The van der Waals surface area contributed by atoms with Crippen molar-refractivity contribution < 1.29 is 4.79 Å². The van der Waals surface area contributed by atoms with Crippen LogP contribution in [0.15, 0.2) is 42.9 Å². The molecule has 0 spiro atoms. The van der Waals surface area contributed by atoms with Crippen LogP contribution in [0.2, 0.25) is 0 Å². The number of hydrogen-bond acceptors (Lipinski definition) is 3. The first-order chi connectivity index (χ1) is 7.77. The Hall–Kier alpha value is -2.23. The van der Waals surface area contributed by atoms with E-state index in [1.54, 1.807) is 0 Å². The summed E-state index contributed by atoms with van der Waals surface area (Å²) in [5.74, 6) is -0.248. The Morgan fingerprint density at radius 1 is 1.25 bits per heavy atom. The first kappa shape index (κ1) is 10.3. The van der Waals surface area contributed by atoms with E-state index < -0.39 is 0 Å². The van der Waals surface area contributed by atoms with Gasteiger partial charge in [-0.25, -0.2) is 4.98 Å². The third-order valence-electron chi connectivity index (χ3n) is 2.19. The molecule has 1 aromatic carbocycles. The highest BCUT2D eigenvalue weighted by Crippen LogP contribution is 2.13. The average Bonchev–Trinajstić information content (AvgIpc) is 2.33. The lowest BCUT2D eigenvalue weighted by atomic mass is 10.2. The van der Waals surface area contributed by atoms with Gasteiger partial charge >= 0.3 is 0 Å². The van der Waals surface area contributed by atoms with Crippen LogP contribution < -0.4 is 5.32 Å². The number of amides is 1. The Morgan fingerprint density at radius 3 is 2.75 bits per heavy atom. The minimum atomic E-state index is -0.248. The number of nitrogens with zero attached hydrogens (tertiary/aromatic N) is 2. The summed E-state index contributed by atoms with van der Waals surface area (Å²) in [6, 6.07) is 7.59. The smallest absolute Gasteiger partial charge is 0.275 e. The molecule has 0 saturated heterocycles. The first-order valence-electron chi connectivity index (χ1n) is 4.90. The number of nitrogens with one attached hydrogen (secondary N) is 1. The summed E-state index contributed by atoms with van der Waals surface area (Å²) in [5.41, 5.74) is 2.11. The third-order valence-corrected chi connectivity index (χ3v) is 2.19. The molecular formula is C12H11N3O. The Kier molecular flexibility index (Phi) is 2.91. The normalized spacial score (nSPS) is 9.81. The van der Waals surface area contributed by atoms with Gasteiger partial charge in [-0.15, -0.1) is 0 Å². The molecule has 1 aromatic heterocycles. The molecule has 80 valence electrons. The van der Waals surface area contributed by atoms with Crippen LogP contribution in [0, 0.1) is 6.92 Å². The predicted molar refractivity (Wildman–Crippen MR) is 61.2 cm³/mol. The van der Waals surface area contributed by atoms with Gasteiger partial charge in [0.25, 0.3) is 5.91 Å². The van der Waals surface area contributed by atoms with Crippen molar-refractivity contribution in [3.8, 4) is 0 Å². The molecule has 0 fully saturated rings. The van der Waals surface area contributed by atoms with Crippen LogP contribution in [0.3, 0.4) is 0 Å². The second-order valence-electron chi connectivity index (χ2n) is 3.36. The second-order valence-corrected chi connectivity index (χ2v) is 3.36. The van der Waals surface area contributed by atoms with E-state index in [1.807, 2.05) is 31.2 Å². The van der Waals surface area contributed by atoms with Crippen molar-refractivity contribution in [2.24, 2.45) is 0 Å².